The molecule has 0 radical (unpaired) electrons. The molecule has 0 aliphatic carbocycles. The molecular weight excluding hydrogens is 492 g/mol. The first kappa shape index (κ1) is 22.7. The zero-order valence-corrected chi connectivity index (χ0v) is 22.1. The van der Waals surface area contributed by atoms with Gasteiger partial charge in [-0.1, -0.05) is 84.9 Å². The number of benzene rings is 4. The van der Waals surface area contributed by atoms with Gasteiger partial charge < -0.3 is 4.42 Å². The van der Waals surface area contributed by atoms with Crippen LogP contribution in [0, 0.1) is 13.8 Å². The summed E-state index contributed by atoms with van der Waals surface area (Å²) < 4.78 is 8.76. The lowest BCUT2D eigenvalue weighted by Crippen LogP contribution is -2.03. The van der Waals surface area contributed by atoms with E-state index in [9.17, 15) is 0 Å². The highest BCUT2D eigenvalue weighted by atomic mass is 16.3. The topological polar surface area (TPSA) is 56.7 Å². The molecule has 0 aliphatic heterocycles. The van der Waals surface area contributed by atoms with Crippen LogP contribution in [0.15, 0.2) is 114 Å². The average Bonchev–Trinajstić information content (AvgIpc) is 3.52. The van der Waals surface area contributed by atoms with Crippen LogP contribution in [-0.4, -0.2) is 19.5 Å². The van der Waals surface area contributed by atoms with Gasteiger partial charge in [0, 0.05) is 39.5 Å². The molecule has 5 heteroatoms. The van der Waals surface area contributed by atoms with Crippen molar-refractivity contribution in [1.29, 1.82) is 0 Å². The summed E-state index contributed by atoms with van der Waals surface area (Å²) in [5.74, 6) is 2.35. The van der Waals surface area contributed by atoms with E-state index in [2.05, 4.69) is 65.0 Å². The van der Waals surface area contributed by atoms with Crippen LogP contribution in [0.4, 0.5) is 0 Å². The third-order valence-corrected chi connectivity index (χ3v) is 7.88. The Kier molecular flexibility index (Phi) is 4.88. The monoisotopic (exact) mass is 516 g/mol. The molecule has 0 atom stereocenters. The minimum Gasteiger partial charge on any atom is -0.459 e. The van der Waals surface area contributed by atoms with Crippen LogP contribution in [0.5, 0.6) is 0 Å². The fraction of sp³-hybridized carbons (Fsp3) is 0.0571. The maximum atomic E-state index is 6.56. The van der Waals surface area contributed by atoms with Crippen molar-refractivity contribution < 1.29 is 4.42 Å². The highest BCUT2D eigenvalue weighted by Crippen LogP contribution is 2.44. The summed E-state index contributed by atoms with van der Waals surface area (Å²) in [5, 5.41) is 5.75. The SMILES string of the molecule is Cc1oc2c(c1C)c1ccccc1c1c3ccncc3n(-c3cc(-c4ccccc4)nc(-c4ccccc4)n3)c21. The molecule has 0 fully saturated rings. The highest BCUT2D eigenvalue weighted by Gasteiger charge is 2.24. The van der Waals surface area contributed by atoms with E-state index in [4.69, 9.17) is 14.4 Å². The molecular formula is C35H24N4O. The van der Waals surface area contributed by atoms with Crippen LogP contribution >= 0.6 is 0 Å². The number of furan rings is 1. The summed E-state index contributed by atoms with van der Waals surface area (Å²) >= 11 is 0. The predicted octanol–water partition coefficient (Wildman–Crippen LogP) is 8.82. The van der Waals surface area contributed by atoms with Gasteiger partial charge in [0.05, 0.1) is 22.9 Å². The second-order valence-corrected chi connectivity index (χ2v) is 10.2. The number of fused-ring (bicyclic) bond motifs is 8. The molecule has 0 unspecified atom stereocenters. The largest absolute Gasteiger partial charge is 0.459 e. The lowest BCUT2D eigenvalue weighted by Gasteiger charge is -2.12. The Balaban J connectivity index is 1.58. The maximum Gasteiger partial charge on any atom is 0.162 e. The van der Waals surface area contributed by atoms with Gasteiger partial charge in [0.25, 0.3) is 0 Å². The van der Waals surface area contributed by atoms with Crippen LogP contribution in [0.2, 0.25) is 0 Å². The van der Waals surface area contributed by atoms with Gasteiger partial charge in [0.2, 0.25) is 0 Å². The van der Waals surface area contributed by atoms with E-state index < -0.39 is 0 Å². The normalized spacial score (nSPS) is 11.8. The number of hydrogen-bond donors (Lipinski definition) is 0. The number of nitrogens with zero attached hydrogens (tertiary/aromatic N) is 4. The number of aromatic nitrogens is 4. The smallest absolute Gasteiger partial charge is 0.162 e. The zero-order chi connectivity index (χ0) is 26.8. The van der Waals surface area contributed by atoms with Gasteiger partial charge in [-0.2, -0.15) is 0 Å². The van der Waals surface area contributed by atoms with Crippen molar-refractivity contribution >= 4 is 43.5 Å². The van der Waals surface area contributed by atoms with Gasteiger partial charge in [-0.05, 0) is 36.2 Å². The van der Waals surface area contributed by atoms with Gasteiger partial charge in [0.15, 0.2) is 11.4 Å². The van der Waals surface area contributed by atoms with E-state index in [-0.39, 0.29) is 0 Å². The molecule has 190 valence electrons. The van der Waals surface area contributed by atoms with Crippen LogP contribution in [-0.2, 0) is 0 Å². The summed E-state index contributed by atoms with van der Waals surface area (Å²) in [4.78, 5) is 14.7. The quantitative estimate of drug-likeness (QED) is 0.235. The van der Waals surface area contributed by atoms with Crippen molar-refractivity contribution in [2.75, 3.05) is 0 Å². The number of aryl methyl sites for hydroxylation is 2. The molecule has 4 aromatic carbocycles. The van der Waals surface area contributed by atoms with Crippen LogP contribution in [0.25, 0.3) is 72.0 Å². The molecule has 8 aromatic rings. The fourth-order valence-corrected chi connectivity index (χ4v) is 5.92. The fourth-order valence-electron chi connectivity index (χ4n) is 5.92. The van der Waals surface area contributed by atoms with E-state index in [1.165, 1.54) is 10.8 Å². The van der Waals surface area contributed by atoms with Crippen LogP contribution < -0.4 is 0 Å². The Hall–Kier alpha value is -5.29. The van der Waals surface area contributed by atoms with E-state index in [1.807, 2.05) is 67.8 Å². The first-order valence-electron chi connectivity index (χ1n) is 13.4. The summed E-state index contributed by atoms with van der Waals surface area (Å²) in [6, 6.07) is 33.1. The second kappa shape index (κ2) is 8.61. The Morgan fingerprint density at radius 1 is 0.675 bits per heavy atom. The van der Waals surface area contributed by atoms with Crippen molar-refractivity contribution in [3.63, 3.8) is 0 Å². The van der Waals surface area contributed by atoms with Gasteiger partial charge in [-0.25, -0.2) is 9.97 Å². The van der Waals surface area contributed by atoms with E-state index in [0.29, 0.717) is 5.82 Å². The third kappa shape index (κ3) is 3.24. The van der Waals surface area contributed by atoms with Crippen molar-refractivity contribution in [2.45, 2.75) is 13.8 Å². The van der Waals surface area contributed by atoms with E-state index >= 15 is 0 Å². The average molecular weight is 517 g/mol. The predicted molar refractivity (Wildman–Crippen MR) is 162 cm³/mol. The second-order valence-electron chi connectivity index (χ2n) is 10.2. The third-order valence-electron chi connectivity index (χ3n) is 7.88. The number of rotatable bonds is 3. The van der Waals surface area contributed by atoms with Crippen molar-refractivity contribution in [2.24, 2.45) is 0 Å². The van der Waals surface area contributed by atoms with Gasteiger partial charge in [-0.15, -0.1) is 0 Å². The summed E-state index contributed by atoms with van der Waals surface area (Å²) in [7, 11) is 0. The highest BCUT2D eigenvalue weighted by molar-refractivity contribution is 6.31. The van der Waals surface area contributed by atoms with Crippen LogP contribution in [0.3, 0.4) is 0 Å². The molecule has 0 N–H and O–H groups in total. The lowest BCUT2D eigenvalue weighted by molar-refractivity contribution is 0.577. The van der Waals surface area contributed by atoms with Gasteiger partial charge >= 0.3 is 0 Å². The molecule has 0 bridgehead atoms. The molecule has 4 aromatic heterocycles. The summed E-state index contributed by atoms with van der Waals surface area (Å²) in [6.07, 6.45) is 3.78. The standard InChI is InChI=1S/C35H24N4O/c1-21-22(2)40-34-31(21)25-15-9-10-16-26(25)32-27-17-18-36-20-29(27)39(33(32)34)30-19-28(23-11-5-3-6-12-23)37-35(38-30)24-13-7-4-8-14-24/h3-20H,1-2H3. The Labute approximate surface area is 230 Å². The van der Waals surface area contributed by atoms with E-state index in [0.717, 1.165) is 66.7 Å². The molecule has 0 aliphatic rings. The van der Waals surface area contributed by atoms with Gasteiger partial charge in [-0.3, -0.25) is 9.55 Å². The Morgan fingerprint density at radius 3 is 2.10 bits per heavy atom. The first-order chi connectivity index (χ1) is 19.7. The van der Waals surface area contributed by atoms with Gasteiger partial charge in [0.1, 0.15) is 11.6 Å². The summed E-state index contributed by atoms with van der Waals surface area (Å²) in [6.45, 7) is 4.18. The maximum absolute atomic E-state index is 6.56. The molecule has 5 nitrogen and oxygen atoms in total. The minimum absolute atomic E-state index is 0.666. The Bertz CT molecular complexity index is 2170. The van der Waals surface area contributed by atoms with Crippen molar-refractivity contribution in [1.82, 2.24) is 19.5 Å². The van der Waals surface area contributed by atoms with Crippen molar-refractivity contribution in [3.8, 4) is 28.5 Å². The minimum atomic E-state index is 0.666. The molecule has 0 spiro atoms. The molecule has 8 rings (SSSR count). The first-order valence-corrected chi connectivity index (χ1v) is 13.4. The van der Waals surface area contributed by atoms with Crippen LogP contribution in [0.1, 0.15) is 11.3 Å². The summed E-state index contributed by atoms with van der Waals surface area (Å²) in [5.41, 5.74) is 6.82. The van der Waals surface area contributed by atoms with E-state index in [1.54, 1.807) is 0 Å². The van der Waals surface area contributed by atoms with Crippen molar-refractivity contribution in [3.05, 3.63) is 121 Å². The lowest BCUT2D eigenvalue weighted by atomic mass is 9.98. The zero-order valence-electron chi connectivity index (χ0n) is 22.1. The molecule has 40 heavy (non-hydrogen) atoms. The molecule has 0 saturated heterocycles. The molecule has 4 heterocycles. The molecule has 0 amide bonds. The number of hydrogen-bond acceptors (Lipinski definition) is 4. The number of pyridine rings is 1. The molecule has 0 saturated carbocycles. The Morgan fingerprint density at radius 2 is 1.35 bits per heavy atom.